The van der Waals surface area contributed by atoms with Crippen LogP contribution >= 0.6 is 27.3 Å². The Morgan fingerprint density at radius 3 is 2.50 bits per heavy atom. The van der Waals surface area contributed by atoms with E-state index in [4.69, 9.17) is 4.74 Å². The lowest BCUT2D eigenvalue weighted by atomic mass is 10.1. The molecule has 0 unspecified atom stereocenters. The average Bonchev–Trinajstić information content (AvgIpc) is 2.91. The number of thiophene rings is 1. The lowest BCUT2D eigenvalue weighted by Crippen LogP contribution is -2.21. The van der Waals surface area contributed by atoms with E-state index >= 15 is 0 Å². The van der Waals surface area contributed by atoms with Crippen LogP contribution in [-0.2, 0) is 16.1 Å². The summed E-state index contributed by atoms with van der Waals surface area (Å²) in [5.74, 6) is -0.650. The highest BCUT2D eigenvalue weighted by Crippen LogP contribution is 2.33. The predicted molar refractivity (Wildman–Crippen MR) is 97.8 cm³/mol. The standard InChI is InChI=1S/C16H20BrN3O3S/c1-6-23-16(22)13-8(2)11(5)24-15(13)18-12(21)7-20-10(4)14(17)9(3)19-20/h6-7H2,1-5H3,(H,18,21). The molecule has 0 saturated carbocycles. The van der Waals surface area contributed by atoms with Crippen molar-refractivity contribution in [1.82, 2.24) is 9.78 Å². The van der Waals surface area contributed by atoms with Gasteiger partial charge in [-0.3, -0.25) is 9.48 Å². The van der Waals surface area contributed by atoms with E-state index in [1.165, 1.54) is 11.3 Å². The van der Waals surface area contributed by atoms with Gasteiger partial charge in [0.15, 0.2) is 0 Å². The van der Waals surface area contributed by atoms with Gasteiger partial charge in [-0.2, -0.15) is 5.10 Å². The van der Waals surface area contributed by atoms with Gasteiger partial charge in [0.1, 0.15) is 11.5 Å². The summed E-state index contributed by atoms with van der Waals surface area (Å²) in [4.78, 5) is 25.5. The van der Waals surface area contributed by atoms with Crippen molar-refractivity contribution >= 4 is 44.1 Å². The number of aryl methyl sites for hydroxylation is 2. The fraction of sp³-hybridized carbons (Fsp3) is 0.438. The van der Waals surface area contributed by atoms with E-state index < -0.39 is 5.97 Å². The minimum absolute atomic E-state index is 0.0799. The second kappa shape index (κ2) is 7.48. The molecule has 0 atom stereocenters. The molecule has 0 aliphatic heterocycles. The van der Waals surface area contributed by atoms with Crippen LogP contribution in [0.4, 0.5) is 5.00 Å². The Morgan fingerprint density at radius 1 is 1.29 bits per heavy atom. The number of carbonyl (C=O) groups excluding carboxylic acids is 2. The maximum absolute atomic E-state index is 12.4. The summed E-state index contributed by atoms with van der Waals surface area (Å²) in [6, 6.07) is 0. The molecule has 1 N–H and O–H groups in total. The largest absolute Gasteiger partial charge is 0.462 e. The van der Waals surface area contributed by atoms with Crippen molar-refractivity contribution in [3.05, 3.63) is 31.9 Å². The molecule has 24 heavy (non-hydrogen) atoms. The SMILES string of the molecule is CCOC(=O)c1c(NC(=O)Cn2nc(C)c(Br)c2C)sc(C)c1C. The van der Waals surface area contributed by atoms with Crippen molar-refractivity contribution < 1.29 is 14.3 Å². The normalized spacial score (nSPS) is 10.8. The maximum atomic E-state index is 12.4. The fourth-order valence-corrected chi connectivity index (χ4v) is 3.64. The lowest BCUT2D eigenvalue weighted by Gasteiger charge is -2.08. The molecule has 0 saturated heterocycles. The number of anilines is 1. The highest BCUT2D eigenvalue weighted by molar-refractivity contribution is 9.10. The van der Waals surface area contributed by atoms with Crippen molar-refractivity contribution in [2.24, 2.45) is 0 Å². The molecule has 0 radical (unpaired) electrons. The van der Waals surface area contributed by atoms with Gasteiger partial charge in [0.25, 0.3) is 0 Å². The summed E-state index contributed by atoms with van der Waals surface area (Å²) in [6.07, 6.45) is 0. The van der Waals surface area contributed by atoms with Crippen LogP contribution in [0.2, 0.25) is 0 Å². The van der Waals surface area contributed by atoms with Crippen LogP contribution in [0.15, 0.2) is 4.47 Å². The van der Waals surface area contributed by atoms with Gasteiger partial charge in [0.2, 0.25) is 5.91 Å². The minimum Gasteiger partial charge on any atom is -0.462 e. The molecule has 0 aliphatic rings. The van der Waals surface area contributed by atoms with Gasteiger partial charge in [0, 0.05) is 4.88 Å². The number of nitrogens with one attached hydrogen (secondary N) is 1. The topological polar surface area (TPSA) is 73.2 Å². The molecule has 8 heteroatoms. The number of ether oxygens (including phenoxy) is 1. The first-order valence-corrected chi connectivity index (χ1v) is 9.13. The number of esters is 1. The van der Waals surface area contributed by atoms with Crippen molar-refractivity contribution in [2.75, 3.05) is 11.9 Å². The molecule has 0 fully saturated rings. The van der Waals surface area contributed by atoms with E-state index in [0.29, 0.717) is 17.2 Å². The smallest absolute Gasteiger partial charge is 0.341 e. The molecule has 2 aromatic rings. The number of rotatable bonds is 5. The lowest BCUT2D eigenvalue weighted by molar-refractivity contribution is -0.116. The number of nitrogens with zero attached hydrogens (tertiary/aromatic N) is 2. The molecule has 130 valence electrons. The Morgan fingerprint density at radius 2 is 1.96 bits per heavy atom. The van der Waals surface area contributed by atoms with Gasteiger partial charge in [-0.05, 0) is 56.1 Å². The number of amides is 1. The van der Waals surface area contributed by atoms with E-state index in [1.54, 1.807) is 11.6 Å². The van der Waals surface area contributed by atoms with Crippen LogP contribution in [-0.4, -0.2) is 28.3 Å². The van der Waals surface area contributed by atoms with E-state index in [1.807, 2.05) is 27.7 Å². The Bertz CT molecular complexity index is 795. The van der Waals surface area contributed by atoms with Crippen molar-refractivity contribution in [1.29, 1.82) is 0 Å². The molecule has 0 aromatic carbocycles. The highest BCUT2D eigenvalue weighted by atomic mass is 79.9. The van der Waals surface area contributed by atoms with E-state index in [-0.39, 0.29) is 12.5 Å². The summed E-state index contributed by atoms with van der Waals surface area (Å²) >= 11 is 4.82. The first kappa shape index (κ1) is 18.7. The molecule has 1 amide bonds. The van der Waals surface area contributed by atoms with Crippen LogP contribution in [0.5, 0.6) is 0 Å². The zero-order valence-corrected chi connectivity index (χ0v) is 16.7. The first-order chi connectivity index (χ1) is 11.3. The summed E-state index contributed by atoms with van der Waals surface area (Å²) in [5, 5.41) is 7.66. The first-order valence-electron chi connectivity index (χ1n) is 7.52. The maximum Gasteiger partial charge on any atom is 0.341 e. The van der Waals surface area contributed by atoms with Crippen molar-refractivity contribution in [2.45, 2.75) is 41.2 Å². The quantitative estimate of drug-likeness (QED) is 0.757. The Balaban J connectivity index is 2.21. The molecule has 0 bridgehead atoms. The fourth-order valence-electron chi connectivity index (χ4n) is 2.30. The molecule has 0 spiro atoms. The van der Waals surface area contributed by atoms with Crippen LogP contribution in [0, 0.1) is 27.7 Å². The summed E-state index contributed by atoms with van der Waals surface area (Å²) in [6.45, 7) is 9.65. The molecule has 2 aromatic heterocycles. The third-order valence-corrected chi connectivity index (χ3v) is 5.97. The molecule has 6 nitrogen and oxygen atoms in total. The van der Waals surface area contributed by atoms with E-state index in [0.717, 1.165) is 26.3 Å². The summed E-state index contributed by atoms with van der Waals surface area (Å²) in [5.41, 5.74) is 2.98. The van der Waals surface area contributed by atoms with Crippen LogP contribution in [0.1, 0.15) is 39.1 Å². The van der Waals surface area contributed by atoms with E-state index in [9.17, 15) is 9.59 Å². The molecule has 2 rings (SSSR count). The predicted octanol–water partition coefficient (Wildman–Crippen LogP) is 3.76. The Labute approximate surface area is 153 Å². The monoisotopic (exact) mass is 413 g/mol. The van der Waals surface area contributed by atoms with Gasteiger partial charge in [-0.1, -0.05) is 0 Å². The van der Waals surface area contributed by atoms with Gasteiger partial charge in [-0.15, -0.1) is 11.3 Å². The number of carbonyl (C=O) groups is 2. The second-order valence-electron chi connectivity index (χ2n) is 5.40. The summed E-state index contributed by atoms with van der Waals surface area (Å²) < 4.78 is 7.62. The zero-order chi connectivity index (χ0) is 18.0. The number of hydrogen-bond acceptors (Lipinski definition) is 5. The van der Waals surface area contributed by atoms with Crippen molar-refractivity contribution in [3.8, 4) is 0 Å². The Hall–Kier alpha value is -1.67. The molecule has 0 aliphatic carbocycles. The van der Waals surface area contributed by atoms with Crippen LogP contribution in [0.25, 0.3) is 0 Å². The molecule has 2 heterocycles. The van der Waals surface area contributed by atoms with Crippen LogP contribution in [0.3, 0.4) is 0 Å². The van der Waals surface area contributed by atoms with Crippen molar-refractivity contribution in [3.63, 3.8) is 0 Å². The van der Waals surface area contributed by atoms with Gasteiger partial charge in [0.05, 0.1) is 28.0 Å². The minimum atomic E-state index is -0.413. The number of halogens is 1. The van der Waals surface area contributed by atoms with Gasteiger partial charge < -0.3 is 10.1 Å². The van der Waals surface area contributed by atoms with E-state index in [2.05, 4.69) is 26.3 Å². The summed E-state index contributed by atoms with van der Waals surface area (Å²) in [7, 11) is 0. The number of hydrogen-bond donors (Lipinski definition) is 1. The molecular formula is C16H20BrN3O3S. The molecular weight excluding hydrogens is 394 g/mol. The third kappa shape index (κ3) is 3.70. The zero-order valence-electron chi connectivity index (χ0n) is 14.3. The average molecular weight is 414 g/mol. The highest BCUT2D eigenvalue weighted by Gasteiger charge is 2.22. The third-order valence-electron chi connectivity index (χ3n) is 3.70. The van der Waals surface area contributed by atoms with Crippen LogP contribution < -0.4 is 5.32 Å². The van der Waals surface area contributed by atoms with Gasteiger partial charge in [-0.25, -0.2) is 4.79 Å². The second-order valence-corrected chi connectivity index (χ2v) is 7.42. The number of aromatic nitrogens is 2. The Kier molecular flexibility index (Phi) is 5.82. The van der Waals surface area contributed by atoms with Gasteiger partial charge >= 0.3 is 5.97 Å².